The normalized spacial score (nSPS) is 23.7. The lowest BCUT2D eigenvalue weighted by Crippen LogP contribution is -2.42. The van der Waals surface area contributed by atoms with Gasteiger partial charge in [-0.05, 0) is 36.0 Å². The van der Waals surface area contributed by atoms with Crippen LogP contribution >= 0.6 is 0 Å². The van der Waals surface area contributed by atoms with Crippen molar-refractivity contribution in [2.75, 3.05) is 46.5 Å². The van der Waals surface area contributed by atoms with Crippen molar-refractivity contribution in [1.29, 1.82) is 0 Å². The van der Waals surface area contributed by atoms with Crippen LogP contribution in [0.15, 0.2) is 29.3 Å². The van der Waals surface area contributed by atoms with Crippen molar-refractivity contribution in [1.82, 2.24) is 10.2 Å². The Kier molecular flexibility index (Phi) is 5.76. The average molecular weight is 360 g/mol. The molecule has 1 atom stereocenters. The fourth-order valence-corrected chi connectivity index (χ4v) is 3.80. The maximum atomic E-state index is 5.87. The zero-order valence-corrected chi connectivity index (χ0v) is 16.7. The summed E-state index contributed by atoms with van der Waals surface area (Å²) in [6.07, 6.45) is 2.37. The molecule has 0 saturated carbocycles. The number of benzene rings is 1. The molecule has 2 aliphatic rings. The Bertz CT molecular complexity index is 613. The summed E-state index contributed by atoms with van der Waals surface area (Å²) in [5.41, 5.74) is 1.84. The highest BCUT2D eigenvalue weighted by Gasteiger charge is 2.42. The van der Waals surface area contributed by atoms with Crippen molar-refractivity contribution in [2.24, 2.45) is 10.4 Å². The summed E-state index contributed by atoms with van der Waals surface area (Å²) in [6, 6.07) is 8.41. The Morgan fingerprint density at radius 2 is 2.04 bits per heavy atom. The topological polar surface area (TPSA) is 46.1 Å². The van der Waals surface area contributed by atoms with Crippen LogP contribution in [0.3, 0.4) is 0 Å². The third-order valence-electron chi connectivity index (χ3n) is 5.51. The number of hydrogen-bond acceptors (Lipinski definition) is 3. The lowest BCUT2D eigenvalue weighted by atomic mass is 9.87. The second-order valence-corrected chi connectivity index (χ2v) is 8.57. The lowest BCUT2D eigenvalue weighted by Gasteiger charge is -2.25. The zero-order chi connectivity index (χ0) is 18.6. The van der Waals surface area contributed by atoms with Gasteiger partial charge in [-0.25, -0.2) is 0 Å². The maximum Gasteiger partial charge on any atom is 0.193 e. The molecule has 0 aromatic heterocycles. The number of aliphatic imine (C=N–C) groups is 1. The van der Waals surface area contributed by atoms with Gasteiger partial charge in [0.25, 0.3) is 0 Å². The molecule has 2 fully saturated rings. The van der Waals surface area contributed by atoms with Crippen LogP contribution in [0.5, 0.6) is 5.75 Å². The van der Waals surface area contributed by atoms with Gasteiger partial charge in [0.05, 0.1) is 13.2 Å². The van der Waals surface area contributed by atoms with Crippen molar-refractivity contribution >= 4 is 5.96 Å². The Morgan fingerprint density at radius 3 is 2.65 bits per heavy atom. The summed E-state index contributed by atoms with van der Waals surface area (Å²) >= 11 is 0. The quantitative estimate of drug-likeness (QED) is 0.510. The number of likely N-dealkylation sites (tertiary alicyclic amines) is 1. The van der Waals surface area contributed by atoms with Crippen molar-refractivity contribution < 1.29 is 9.47 Å². The molecule has 0 amide bonds. The molecule has 1 unspecified atom stereocenters. The van der Waals surface area contributed by atoms with Gasteiger partial charge in [0.2, 0.25) is 0 Å². The molecule has 2 heterocycles. The zero-order valence-electron chi connectivity index (χ0n) is 16.7. The van der Waals surface area contributed by atoms with Crippen LogP contribution < -0.4 is 10.1 Å². The summed E-state index contributed by atoms with van der Waals surface area (Å²) in [7, 11) is 1.85. The monoisotopic (exact) mass is 359 g/mol. The van der Waals surface area contributed by atoms with Gasteiger partial charge in [0.1, 0.15) is 12.4 Å². The molecule has 144 valence electrons. The third kappa shape index (κ3) is 4.50. The molecule has 1 aromatic rings. The molecule has 5 heteroatoms. The second kappa shape index (κ2) is 7.87. The van der Waals surface area contributed by atoms with E-state index in [-0.39, 0.29) is 5.41 Å². The Balaban J connectivity index is 1.42. The fraction of sp³-hybridized carbons (Fsp3) is 0.667. The first-order valence-electron chi connectivity index (χ1n) is 9.69. The van der Waals surface area contributed by atoms with Crippen molar-refractivity contribution in [3.63, 3.8) is 0 Å². The molecule has 26 heavy (non-hydrogen) atoms. The molecule has 1 N–H and O–H groups in total. The first-order valence-corrected chi connectivity index (χ1v) is 9.69. The summed E-state index contributed by atoms with van der Waals surface area (Å²) in [5.74, 6) is 1.89. The smallest absolute Gasteiger partial charge is 0.193 e. The van der Waals surface area contributed by atoms with E-state index in [1.165, 1.54) is 18.4 Å². The molecular weight excluding hydrogens is 326 g/mol. The Labute approximate surface area is 157 Å². The van der Waals surface area contributed by atoms with E-state index in [0.717, 1.165) is 44.6 Å². The number of ether oxygens (including phenoxy) is 2. The van der Waals surface area contributed by atoms with Crippen molar-refractivity contribution in [2.45, 2.75) is 39.0 Å². The standard InChI is InChI=1S/C21H33N3O2/c1-20(2,3)17-5-7-18(8-6-17)26-14-11-23-19(22-4)24-12-9-21(15-24)10-13-25-16-21/h5-8H,9-16H2,1-4H3,(H,22,23). The summed E-state index contributed by atoms with van der Waals surface area (Å²) in [5, 5.41) is 3.43. The van der Waals surface area contributed by atoms with E-state index in [9.17, 15) is 0 Å². The molecular formula is C21H33N3O2. The SMILES string of the molecule is CN=C(NCCOc1ccc(C(C)(C)C)cc1)N1CCC2(CCOC2)C1. The van der Waals surface area contributed by atoms with Crippen molar-refractivity contribution in [3.05, 3.63) is 29.8 Å². The van der Waals surface area contributed by atoms with Crippen LogP contribution in [0.2, 0.25) is 0 Å². The Morgan fingerprint density at radius 1 is 1.27 bits per heavy atom. The van der Waals surface area contributed by atoms with E-state index >= 15 is 0 Å². The van der Waals surface area contributed by atoms with E-state index in [1.54, 1.807) is 0 Å². The van der Waals surface area contributed by atoms with Gasteiger partial charge in [-0.3, -0.25) is 4.99 Å². The van der Waals surface area contributed by atoms with E-state index in [1.807, 2.05) is 7.05 Å². The average Bonchev–Trinajstić information content (AvgIpc) is 3.25. The molecule has 0 radical (unpaired) electrons. The van der Waals surface area contributed by atoms with Gasteiger partial charge in [-0.1, -0.05) is 32.9 Å². The molecule has 3 rings (SSSR count). The molecule has 1 aromatic carbocycles. The second-order valence-electron chi connectivity index (χ2n) is 8.57. The van der Waals surface area contributed by atoms with Crippen LogP contribution in [0, 0.1) is 5.41 Å². The Hall–Kier alpha value is -1.75. The minimum atomic E-state index is 0.171. The molecule has 1 spiro atoms. The van der Waals surface area contributed by atoms with Crippen LogP contribution in [0.25, 0.3) is 0 Å². The number of rotatable bonds is 4. The van der Waals surface area contributed by atoms with E-state index in [2.05, 4.69) is 60.2 Å². The van der Waals surface area contributed by atoms with Gasteiger partial charge in [-0.15, -0.1) is 0 Å². The number of nitrogens with zero attached hydrogens (tertiary/aromatic N) is 2. The van der Waals surface area contributed by atoms with Gasteiger partial charge in [0.15, 0.2) is 5.96 Å². The predicted molar refractivity (Wildman–Crippen MR) is 106 cm³/mol. The van der Waals surface area contributed by atoms with Gasteiger partial charge in [0, 0.05) is 32.2 Å². The van der Waals surface area contributed by atoms with E-state index < -0.39 is 0 Å². The van der Waals surface area contributed by atoms with Crippen LogP contribution in [0.1, 0.15) is 39.2 Å². The minimum Gasteiger partial charge on any atom is -0.492 e. The molecule has 5 nitrogen and oxygen atoms in total. The number of hydrogen-bond donors (Lipinski definition) is 1. The fourth-order valence-electron chi connectivity index (χ4n) is 3.80. The molecule has 0 bridgehead atoms. The highest BCUT2D eigenvalue weighted by molar-refractivity contribution is 5.80. The van der Waals surface area contributed by atoms with E-state index in [4.69, 9.17) is 9.47 Å². The highest BCUT2D eigenvalue weighted by Crippen LogP contribution is 2.38. The van der Waals surface area contributed by atoms with Crippen LogP contribution in [-0.2, 0) is 10.2 Å². The number of nitrogens with one attached hydrogen (secondary N) is 1. The molecule has 0 aliphatic carbocycles. The largest absolute Gasteiger partial charge is 0.492 e. The third-order valence-corrected chi connectivity index (χ3v) is 5.51. The van der Waals surface area contributed by atoms with Gasteiger partial charge < -0.3 is 19.7 Å². The summed E-state index contributed by atoms with van der Waals surface area (Å²) in [6.45, 7) is 11.9. The lowest BCUT2D eigenvalue weighted by molar-refractivity contribution is 0.156. The van der Waals surface area contributed by atoms with Gasteiger partial charge >= 0.3 is 0 Å². The summed E-state index contributed by atoms with van der Waals surface area (Å²) < 4.78 is 11.5. The molecule has 2 aliphatic heterocycles. The van der Waals surface area contributed by atoms with Crippen molar-refractivity contribution in [3.8, 4) is 5.75 Å². The van der Waals surface area contributed by atoms with Crippen LogP contribution in [-0.4, -0.2) is 57.4 Å². The first kappa shape index (κ1) is 19.0. The number of guanidine groups is 1. The van der Waals surface area contributed by atoms with Gasteiger partial charge in [-0.2, -0.15) is 0 Å². The molecule has 2 saturated heterocycles. The first-order chi connectivity index (χ1) is 12.4. The minimum absolute atomic E-state index is 0.171. The van der Waals surface area contributed by atoms with Crippen LogP contribution in [0.4, 0.5) is 0 Å². The highest BCUT2D eigenvalue weighted by atomic mass is 16.5. The van der Waals surface area contributed by atoms with E-state index in [0.29, 0.717) is 12.0 Å². The predicted octanol–water partition coefficient (Wildman–Crippen LogP) is 3.05. The summed E-state index contributed by atoms with van der Waals surface area (Å²) in [4.78, 5) is 6.80. The maximum absolute atomic E-state index is 5.87.